The van der Waals surface area contributed by atoms with Crippen LogP contribution in [0.5, 0.6) is 0 Å². The summed E-state index contributed by atoms with van der Waals surface area (Å²) in [4.78, 5) is 11.7. The molecule has 0 saturated carbocycles. The molecule has 0 unspecified atom stereocenters. The Hall–Kier alpha value is -1.40. The summed E-state index contributed by atoms with van der Waals surface area (Å²) in [5, 5.41) is 2.65. The minimum atomic E-state index is -0.354. The lowest BCUT2D eigenvalue weighted by molar-refractivity contribution is -0.113. The van der Waals surface area contributed by atoms with Crippen LogP contribution in [-0.4, -0.2) is 11.7 Å². The maximum atomic E-state index is 13.6. The fourth-order valence-corrected chi connectivity index (χ4v) is 2.77. The Morgan fingerprint density at radius 1 is 1.14 bits per heavy atom. The summed E-state index contributed by atoms with van der Waals surface area (Å²) < 4.78 is 27.0. The molecule has 0 saturated heterocycles. The molecule has 1 amide bonds. The van der Waals surface area contributed by atoms with Gasteiger partial charge in [0.05, 0.1) is 5.75 Å². The quantitative estimate of drug-likeness (QED) is 0.831. The molecule has 2 aromatic rings. The smallest absolute Gasteiger partial charge is 0.234 e. The van der Waals surface area contributed by atoms with Crippen molar-refractivity contribution in [2.75, 3.05) is 11.1 Å². The van der Waals surface area contributed by atoms with Gasteiger partial charge >= 0.3 is 0 Å². The van der Waals surface area contributed by atoms with Gasteiger partial charge in [-0.3, -0.25) is 4.79 Å². The van der Waals surface area contributed by atoms with Gasteiger partial charge in [0.2, 0.25) is 5.91 Å². The molecule has 0 heterocycles. The molecule has 110 valence electrons. The van der Waals surface area contributed by atoms with Crippen LogP contribution in [0.1, 0.15) is 5.56 Å². The van der Waals surface area contributed by atoms with E-state index in [9.17, 15) is 13.6 Å². The summed E-state index contributed by atoms with van der Waals surface area (Å²) >= 11 is 4.51. The lowest BCUT2D eigenvalue weighted by Gasteiger charge is -2.06. The van der Waals surface area contributed by atoms with Crippen molar-refractivity contribution in [1.82, 2.24) is 0 Å². The molecule has 2 nitrogen and oxygen atoms in total. The van der Waals surface area contributed by atoms with Gasteiger partial charge in [0.25, 0.3) is 0 Å². The number of rotatable bonds is 5. The van der Waals surface area contributed by atoms with Crippen LogP contribution in [-0.2, 0) is 10.5 Å². The zero-order valence-corrected chi connectivity index (χ0v) is 13.3. The van der Waals surface area contributed by atoms with E-state index in [4.69, 9.17) is 0 Å². The molecule has 0 aromatic heterocycles. The van der Waals surface area contributed by atoms with Crippen molar-refractivity contribution >= 4 is 39.3 Å². The van der Waals surface area contributed by atoms with Crippen molar-refractivity contribution in [2.24, 2.45) is 0 Å². The monoisotopic (exact) mass is 371 g/mol. The van der Waals surface area contributed by atoms with Crippen molar-refractivity contribution in [2.45, 2.75) is 5.75 Å². The maximum Gasteiger partial charge on any atom is 0.234 e. The molecular weight excluding hydrogens is 360 g/mol. The predicted molar refractivity (Wildman–Crippen MR) is 85.3 cm³/mol. The molecule has 0 radical (unpaired) electrons. The molecule has 0 atom stereocenters. The first-order valence-electron chi connectivity index (χ1n) is 6.11. The van der Waals surface area contributed by atoms with E-state index in [1.54, 1.807) is 12.1 Å². The lowest BCUT2D eigenvalue weighted by Crippen LogP contribution is -2.14. The average Bonchev–Trinajstić information content (AvgIpc) is 2.44. The van der Waals surface area contributed by atoms with Gasteiger partial charge in [0, 0.05) is 15.9 Å². The van der Waals surface area contributed by atoms with Crippen molar-refractivity contribution < 1.29 is 13.6 Å². The van der Waals surface area contributed by atoms with Crippen molar-refractivity contribution in [1.29, 1.82) is 0 Å². The number of carbonyl (C=O) groups is 1. The first-order chi connectivity index (χ1) is 10.0. The van der Waals surface area contributed by atoms with Gasteiger partial charge in [0.15, 0.2) is 0 Å². The third-order valence-corrected chi connectivity index (χ3v) is 4.11. The molecule has 2 rings (SSSR count). The van der Waals surface area contributed by atoms with Gasteiger partial charge in [-0.2, -0.15) is 0 Å². The van der Waals surface area contributed by atoms with Gasteiger partial charge in [-0.1, -0.05) is 22.0 Å². The average molecular weight is 372 g/mol. The van der Waals surface area contributed by atoms with Crippen LogP contribution in [0, 0.1) is 11.6 Å². The standard InChI is InChI=1S/C15H12BrF2NOS/c16-11-2-1-10(14(18)7-11)8-21-9-15(20)19-13-5-3-12(17)4-6-13/h1-7H,8-9H2,(H,19,20). The first-order valence-corrected chi connectivity index (χ1v) is 8.06. The van der Waals surface area contributed by atoms with Crippen LogP contribution in [0.15, 0.2) is 46.9 Å². The molecule has 6 heteroatoms. The minimum absolute atomic E-state index is 0.201. The molecule has 0 aliphatic rings. The van der Waals surface area contributed by atoms with Crippen LogP contribution in [0.25, 0.3) is 0 Å². The summed E-state index contributed by atoms with van der Waals surface area (Å²) in [7, 11) is 0. The first kappa shape index (κ1) is 16.0. The van der Waals surface area contributed by atoms with Crippen LogP contribution in [0.3, 0.4) is 0 Å². The fraction of sp³-hybridized carbons (Fsp3) is 0.133. The van der Waals surface area contributed by atoms with Crippen LogP contribution in [0.4, 0.5) is 14.5 Å². The third-order valence-electron chi connectivity index (χ3n) is 2.63. The Balaban J connectivity index is 1.80. The van der Waals surface area contributed by atoms with Gasteiger partial charge in [0.1, 0.15) is 11.6 Å². The zero-order chi connectivity index (χ0) is 15.2. The highest BCUT2D eigenvalue weighted by Gasteiger charge is 2.06. The van der Waals surface area contributed by atoms with Crippen molar-refractivity contribution in [3.8, 4) is 0 Å². The molecule has 2 aromatic carbocycles. The predicted octanol–water partition coefficient (Wildman–Crippen LogP) is 4.60. The largest absolute Gasteiger partial charge is 0.325 e. The number of amides is 1. The lowest BCUT2D eigenvalue weighted by atomic mass is 10.2. The second kappa shape index (κ2) is 7.56. The van der Waals surface area contributed by atoms with Gasteiger partial charge in [-0.25, -0.2) is 8.78 Å². The van der Waals surface area contributed by atoms with E-state index in [2.05, 4.69) is 21.2 Å². The van der Waals surface area contributed by atoms with Crippen molar-refractivity contribution in [3.05, 3.63) is 64.1 Å². The maximum absolute atomic E-state index is 13.6. The molecule has 0 aliphatic heterocycles. The Bertz CT molecular complexity index is 634. The Morgan fingerprint density at radius 2 is 1.86 bits per heavy atom. The number of benzene rings is 2. The number of hydrogen-bond acceptors (Lipinski definition) is 2. The van der Waals surface area contributed by atoms with E-state index in [1.807, 2.05) is 0 Å². The summed E-state index contributed by atoms with van der Waals surface area (Å²) in [6.45, 7) is 0. The van der Waals surface area contributed by atoms with E-state index in [1.165, 1.54) is 42.1 Å². The molecular formula is C15H12BrF2NOS. The highest BCUT2D eigenvalue weighted by Crippen LogP contribution is 2.20. The Labute approximate surface area is 134 Å². The number of halogens is 3. The molecule has 0 bridgehead atoms. The molecule has 1 N–H and O–H groups in total. The van der Waals surface area contributed by atoms with Crippen LogP contribution >= 0.6 is 27.7 Å². The Kier molecular flexibility index (Phi) is 5.76. The minimum Gasteiger partial charge on any atom is -0.325 e. The SMILES string of the molecule is O=C(CSCc1ccc(Br)cc1F)Nc1ccc(F)cc1. The summed E-state index contributed by atoms with van der Waals surface area (Å²) in [5.41, 5.74) is 1.09. The topological polar surface area (TPSA) is 29.1 Å². The van der Waals surface area contributed by atoms with Crippen LogP contribution in [0.2, 0.25) is 0 Å². The van der Waals surface area contributed by atoms with E-state index in [0.717, 1.165) is 0 Å². The van der Waals surface area contributed by atoms with Crippen molar-refractivity contribution in [3.63, 3.8) is 0 Å². The van der Waals surface area contributed by atoms with E-state index in [0.29, 0.717) is 21.5 Å². The van der Waals surface area contributed by atoms with Gasteiger partial charge in [-0.05, 0) is 42.0 Å². The highest BCUT2D eigenvalue weighted by molar-refractivity contribution is 9.10. The van der Waals surface area contributed by atoms with Gasteiger partial charge < -0.3 is 5.32 Å². The summed E-state index contributed by atoms with van der Waals surface area (Å²) in [6, 6.07) is 10.4. The summed E-state index contributed by atoms with van der Waals surface area (Å²) in [5.74, 6) is -0.240. The number of nitrogens with one attached hydrogen (secondary N) is 1. The number of thioether (sulfide) groups is 1. The summed E-state index contributed by atoms with van der Waals surface area (Å²) in [6.07, 6.45) is 0. The highest BCUT2D eigenvalue weighted by atomic mass is 79.9. The second-order valence-corrected chi connectivity index (χ2v) is 6.18. The van der Waals surface area contributed by atoms with Gasteiger partial charge in [-0.15, -0.1) is 11.8 Å². The fourth-order valence-electron chi connectivity index (χ4n) is 1.62. The number of carbonyl (C=O) groups excluding carboxylic acids is 1. The normalized spacial score (nSPS) is 10.4. The van der Waals surface area contributed by atoms with Crippen LogP contribution < -0.4 is 5.32 Å². The number of anilines is 1. The number of hydrogen-bond donors (Lipinski definition) is 1. The van der Waals surface area contributed by atoms with E-state index < -0.39 is 0 Å². The zero-order valence-electron chi connectivity index (χ0n) is 10.9. The molecule has 0 spiro atoms. The van der Waals surface area contributed by atoms with E-state index in [-0.39, 0.29) is 23.3 Å². The Morgan fingerprint density at radius 3 is 2.52 bits per heavy atom. The third kappa shape index (κ3) is 5.13. The molecule has 0 fully saturated rings. The second-order valence-electron chi connectivity index (χ2n) is 4.28. The van der Waals surface area contributed by atoms with E-state index >= 15 is 0 Å². The molecule has 0 aliphatic carbocycles. The molecule has 21 heavy (non-hydrogen) atoms.